The Hall–Kier alpha value is -2.41. The summed E-state index contributed by atoms with van der Waals surface area (Å²) in [5, 5.41) is 9.59. The van der Waals surface area contributed by atoms with Crippen LogP contribution in [0.3, 0.4) is 0 Å². The van der Waals surface area contributed by atoms with Gasteiger partial charge in [0.15, 0.2) is 0 Å². The highest BCUT2D eigenvalue weighted by molar-refractivity contribution is 5.49. The first kappa shape index (κ1) is 23.3. The van der Waals surface area contributed by atoms with Gasteiger partial charge in [-0.3, -0.25) is 0 Å². The van der Waals surface area contributed by atoms with Crippen LogP contribution in [0.5, 0.6) is 11.5 Å². The molecule has 0 amide bonds. The Balaban J connectivity index is 1.40. The van der Waals surface area contributed by atoms with E-state index in [1.807, 2.05) is 19.1 Å². The molecule has 1 N–H and O–H groups in total. The molecule has 1 saturated heterocycles. The van der Waals surface area contributed by atoms with Crippen LogP contribution < -0.4 is 14.4 Å². The van der Waals surface area contributed by atoms with Gasteiger partial charge in [0, 0.05) is 18.8 Å². The van der Waals surface area contributed by atoms with Crippen LogP contribution in [0.4, 0.5) is 18.9 Å². The van der Waals surface area contributed by atoms with Crippen LogP contribution in [0.15, 0.2) is 48.5 Å². The Morgan fingerprint density at radius 2 is 1.61 bits per heavy atom. The van der Waals surface area contributed by atoms with Gasteiger partial charge >= 0.3 is 6.36 Å². The van der Waals surface area contributed by atoms with Gasteiger partial charge in [-0.25, -0.2) is 0 Å². The predicted molar refractivity (Wildman–Crippen MR) is 115 cm³/mol. The zero-order chi connectivity index (χ0) is 22.3. The monoisotopic (exact) mass is 437 g/mol. The number of alkyl halides is 3. The lowest BCUT2D eigenvalue weighted by atomic mass is 9.90. The van der Waals surface area contributed by atoms with Crippen LogP contribution in [0.25, 0.3) is 0 Å². The minimum absolute atomic E-state index is 0.178. The maximum absolute atomic E-state index is 12.2. The number of hydrogen-bond acceptors (Lipinski definition) is 4. The first-order chi connectivity index (χ1) is 14.8. The highest BCUT2D eigenvalue weighted by Crippen LogP contribution is 2.28. The van der Waals surface area contributed by atoms with E-state index >= 15 is 0 Å². The van der Waals surface area contributed by atoms with Crippen LogP contribution in [0.1, 0.15) is 38.2 Å². The third-order valence-electron chi connectivity index (χ3n) is 5.73. The largest absolute Gasteiger partial charge is 0.573 e. The summed E-state index contributed by atoms with van der Waals surface area (Å²) in [6.45, 7) is 4.19. The lowest BCUT2D eigenvalue weighted by molar-refractivity contribution is -0.274. The molecule has 0 aliphatic carbocycles. The molecular formula is C24H30F3NO3. The number of aliphatic hydroxyl groups is 1. The topological polar surface area (TPSA) is 41.9 Å². The van der Waals surface area contributed by atoms with Crippen molar-refractivity contribution < 1.29 is 27.8 Å². The van der Waals surface area contributed by atoms with E-state index in [0.29, 0.717) is 18.9 Å². The minimum Gasteiger partial charge on any atom is -0.491 e. The molecule has 0 spiro atoms. The lowest BCUT2D eigenvalue weighted by Gasteiger charge is -2.33. The van der Waals surface area contributed by atoms with Crippen molar-refractivity contribution in [2.45, 2.75) is 51.5 Å². The standard InChI is InChI=1S/C24H30F3NO3/c1-2-21(29)17-30-22-11-7-20(8-12-22)28-15-13-19(14-16-28)4-3-18-5-9-23(10-6-18)31-24(25,26)27/h5-12,19,21,29H,2-4,13-17H2,1H3. The molecule has 7 heteroatoms. The van der Waals surface area contributed by atoms with E-state index in [2.05, 4.69) is 21.8 Å². The fourth-order valence-electron chi connectivity index (χ4n) is 3.77. The van der Waals surface area contributed by atoms with Gasteiger partial charge < -0.3 is 19.5 Å². The van der Waals surface area contributed by atoms with Crippen molar-refractivity contribution in [1.29, 1.82) is 0 Å². The highest BCUT2D eigenvalue weighted by atomic mass is 19.4. The molecule has 0 radical (unpaired) electrons. The highest BCUT2D eigenvalue weighted by Gasteiger charge is 2.31. The van der Waals surface area contributed by atoms with Crippen LogP contribution in [0.2, 0.25) is 0 Å². The van der Waals surface area contributed by atoms with Gasteiger partial charge in [0.05, 0.1) is 6.10 Å². The van der Waals surface area contributed by atoms with E-state index in [4.69, 9.17) is 4.74 Å². The molecule has 1 fully saturated rings. The van der Waals surface area contributed by atoms with Gasteiger partial charge in [0.1, 0.15) is 18.1 Å². The first-order valence-corrected chi connectivity index (χ1v) is 10.8. The fourth-order valence-corrected chi connectivity index (χ4v) is 3.77. The van der Waals surface area contributed by atoms with E-state index in [1.54, 1.807) is 12.1 Å². The van der Waals surface area contributed by atoms with Crippen LogP contribution in [-0.2, 0) is 6.42 Å². The fraction of sp³-hybridized carbons (Fsp3) is 0.500. The molecule has 0 aromatic heterocycles. The van der Waals surface area contributed by atoms with Crippen LogP contribution >= 0.6 is 0 Å². The molecule has 0 saturated carbocycles. The average Bonchev–Trinajstić information content (AvgIpc) is 2.77. The first-order valence-electron chi connectivity index (χ1n) is 10.8. The number of aliphatic hydroxyl groups excluding tert-OH is 1. The number of nitrogens with zero attached hydrogens (tertiary/aromatic N) is 1. The second-order valence-corrected chi connectivity index (χ2v) is 8.03. The molecule has 4 nitrogen and oxygen atoms in total. The Kier molecular flexibility index (Phi) is 8.07. The molecule has 2 aromatic rings. The quantitative estimate of drug-likeness (QED) is 0.556. The van der Waals surface area contributed by atoms with Crippen molar-refractivity contribution >= 4 is 5.69 Å². The van der Waals surface area contributed by atoms with Crippen molar-refractivity contribution in [3.8, 4) is 11.5 Å². The van der Waals surface area contributed by atoms with E-state index in [0.717, 1.165) is 50.1 Å². The second-order valence-electron chi connectivity index (χ2n) is 8.03. The molecule has 170 valence electrons. The van der Waals surface area contributed by atoms with E-state index < -0.39 is 12.5 Å². The smallest absolute Gasteiger partial charge is 0.491 e. The van der Waals surface area contributed by atoms with Crippen molar-refractivity contribution in [2.24, 2.45) is 5.92 Å². The third-order valence-corrected chi connectivity index (χ3v) is 5.73. The summed E-state index contributed by atoms with van der Waals surface area (Å²) >= 11 is 0. The maximum Gasteiger partial charge on any atom is 0.573 e. The molecule has 1 aliphatic rings. The van der Waals surface area contributed by atoms with Crippen LogP contribution in [0, 0.1) is 5.92 Å². The van der Waals surface area contributed by atoms with Gasteiger partial charge in [-0.2, -0.15) is 0 Å². The van der Waals surface area contributed by atoms with Crippen molar-refractivity contribution in [2.75, 3.05) is 24.6 Å². The van der Waals surface area contributed by atoms with E-state index in [1.165, 1.54) is 17.8 Å². The molecule has 1 aliphatic heterocycles. The molecule has 1 unspecified atom stereocenters. The summed E-state index contributed by atoms with van der Waals surface area (Å²) in [4.78, 5) is 2.37. The Morgan fingerprint density at radius 1 is 1.00 bits per heavy atom. The van der Waals surface area contributed by atoms with Gasteiger partial charge in [-0.1, -0.05) is 19.1 Å². The Morgan fingerprint density at radius 3 is 2.19 bits per heavy atom. The maximum atomic E-state index is 12.2. The summed E-state index contributed by atoms with van der Waals surface area (Å²) in [6, 6.07) is 14.2. The number of ether oxygens (including phenoxy) is 2. The molecule has 0 bridgehead atoms. The molecular weight excluding hydrogens is 407 g/mol. The molecule has 31 heavy (non-hydrogen) atoms. The number of rotatable bonds is 9. The van der Waals surface area contributed by atoms with Gasteiger partial charge in [-0.15, -0.1) is 13.2 Å². The van der Waals surface area contributed by atoms with Crippen molar-refractivity contribution in [1.82, 2.24) is 0 Å². The molecule has 2 aromatic carbocycles. The lowest BCUT2D eigenvalue weighted by Crippen LogP contribution is -2.33. The average molecular weight is 438 g/mol. The summed E-state index contributed by atoms with van der Waals surface area (Å²) in [5.74, 6) is 1.20. The number of hydrogen-bond donors (Lipinski definition) is 1. The normalized spacial score (nSPS) is 16.2. The summed E-state index contributed by atoms with van der Waals surface area (Å²) in [5.41, 5.74) is 2.20. The Bertz CT molecular complexity index is 785. The third kappa shape index (κ3) is 7.65. The number of benzene rings is 2. The number of piperidine rings is 1. The summed E-state index contributed by atoms with van der Waals surface area (Å²) in [7, 11) is 0. The zero-order valence-electron chi connectivity index (χ0n) is 17.8. The van der Waals surface area contributed by atoms with E-state index in [-0.39, 0.29) is 5.75 Å². The van der Waals surface area contributed by atoms with Crippen LogP contribution in [-0.4, -0.2) is 37.3 Å². The molecule has 3 rings (SSSR count). The number of halogens is 3. The number of anilines is 1. The second kappa shape index (κ2) is 10.8. The Labute approximate surface area is 181 Å². The van der Waals surface area contributed by atoms with Crippen molar-refractivity contribution in [3.05, 3.63) is 54.1 Å². The summed E-state index contributed by atoms with van der Waals surface area (Å²) in [6.07, 6.45) is -0.353. The number of aryl methyl sites for hydroxylation is 1. The van der Waals surface area contributed by atoms with Gasteiger partial charge in [0.25, 0.3) is 0 Å². The van der Waals surface area contributed by atoms with Gasteiger partial charge in [-0.05, 0) is 80.0 Å². The minimum atomic E-state index is -4.65. The predicted octanol–water partition coefficient (Wildman–Crippen LogP) is 5.58. The van der Waals surface area contributed by atoms with E-state index in [9.17, 15) is 18.3 Å². The van der Waals surface area contributed by atoms with Crippen molar-refractivity contribution in [3.63, 3.8) is 0 Å². The SMILES string of the molecule is CCC(O)COc1ccc(N2CCC(CCc3ccc(OC(F)(F)F)cc3)CC2)cc1. The molecule has 1 heterocycles. The summed E-state index contributed by atoms with van der Waals surface area (Å²) < 4.78 is 46.2. The zero-order valence-corrected chi connectivity index (χ0v) is 17.8. The molecule has 1 atom stereocenters. The van der Waals surface area contributed by atoms with Gasteiger partial charge in [0.2, 0.25) is 0 Å².